The molecule has 0 fully saturated rings. The summed E-state index contributed by atoms with van der Waals surface area (Å²) in [4.78, 5) is 5.73. The summed E-state index contributed by atoms with van der Waals surface area (Å²) in [6, 6.07) is 16.9. The number of unbranched alkanes of at least 4 members (excludes halogenated alkanes) is 2. The normalized spacial score (nSPS) is 12.0. The number of aryl methyl sites for hydroxylation is 2. The second-order valence-corrected chi connectivity index (χ2v) is 14.0. The van der Waals surface area contributed by atoms with Gasteiger partial charge in [-0.3, -0.25) is 0 Å². The number of thiophene rings is 3. The second-order valence-electron chi connectivity index (χ2n) is 9.78. The Balaban J connectivity index is 1.32. The molecule has 5 aromatic rings. The van der Waals surface area contributed by atoms with Crippen LogP contribution in [0.25, 0.3) is 40.7 Å². The van der Waals surface area contributed by atoms with Crippen LogP contribution in [0, 0.1) is 0 Å². The molecule has 3 heterocycles. The van der Waals surface area contributed by atoms with Gasteiger partial charge in [-0.1, -0.05) is 6.92 Å². The van der Waals surface area contributed by atoms with Crippen molar-refractivity contribution in [2.24, 2.45) is 0 Å². The molecule has 0 radical (unpaired) electrons. The molecule has 3 aromatic heterocycles. The summed E-state index contributed by atoms with van der Waals surface area (Å²) in [5.74, 6) is 0. The summed E-state index contributed by atoms with van der Waals surface area (Å²) in [5.41, 5.74) is 1.38. The Hall–Kier alpha value is -1.41. The van der Waals surface area contributed by atoms with Crippen LogP contribution in [0.5, 0.6) is 0 Å². The van der Waals surface area contributed by atoms with Gasteiger partial charge < -0.3 is 9.47 Å². The SMILES string of the molecule is CCCOCCCCc1cc2cc3cc(-c4cc5cc(CCCCOCC)sc5cc4SC)sc3cc2s1. The van der Waals surface area contributed by atoms with Gasteiger partial charge in [0.1, 0.15) is 0 Å². The molecule has 2 nitrogen and oxygen atoms in total. The minimum absolute atomic E-state index is 0.815. The van der Waals surface area contributed by atoms with Crippen molar-refractivity contribution < 1.29 is 9.47 Å². The topological polar surface area (TPSA) is 18.5 Å². The summed E-state index contributed by atoms with van der Waals surface area (Å²) in [6.07, 6.45) is 10.3. The predicted molar refractivity (Wildman–Crippen MR) is 173 cm³/mol. The Morgan fingerprint density at radius 1 is 0.632 bits per heavy atom. The average Bonchev–Trinajstić information content (AvgIpc) is 3.63. The minimum Gasteiger partial charge on any atom is -0.382 e. The first-order valence-electron chi connectivity index (χ1n) is 13.9. The molecule has 38 heavy (non-hydrogen) atoms. The largest absolute Gasteiger partial charge is 0.382 e. The molecule has 0 bridgehead atoms. The van der Waals surface area contributed by atoms with E-state index in [-0.39, 0.29) is 0 Å². The van der Waals surface area contributed by atoms with Crippen LogP contribution in [0.2, 0.25) is 0 Å². The van der Waals surface area contributed by atoms with Crippen LogP contribution in [0.15, 0.2) is 47.4 Å². The Bertz CT molecular complexity index is 1420. The van der Waals surface area contributed by atoms with E-state index in [1.54, 1.807) is 0 Å². The lowest BCUT2D eigenvalue weighted by atomic mass is 10.1. The van der Waals surface area contributed by atoms with E-state index in [9.17, 15) is 0 Å². The highest BCUT2D eigenvalue weighted by Gasteiger charge is 2.14. The molecule has 0 aliphatic carbocycles. The van der Waals surface area contributed by atoms with Crippen LogP contribution >= 0.6 is 45.8 Å². The van der Waals surface area contributed by atoms with Crippen LogP contribution in [0.3, 0.4) is 0 Å². The van der Waals surface area contributed by atoms with Crippen LogP contribution in [-0.4, -0.2) is 32.7 Å². The van der Waals surface area contributed by atoms with Gasteiger partial charge in [-0.25, -0.2) is 0 Å². The van der Waals surface area contributed by atoms with Gasteiger partial charge in [-0.15, -0.1) is 45.8 Å². The Morgan fingerprint density at radius 3 is 1.95 bits per heavy atom. The van der Waals surface area contributed by atoms with Crippen molar-refractivity contribution >= 4 is 76.0 Å². The molecule has 0 unspecified atom stereocenters. The predicted octanol–water partition coefficient (Wildman–Crippen LogP) is 10.8. The summed E-state index contributed by atoms with van der Waals surface area (Å²) < 4.78 is 15.4. The summed E-state index contributed by atoms with van der Waals surface area (Å²) in [6.45, 7) is 7.70. The Kier molecular flexibility index (Phi) is 10.2. The molecule has 0 atom stereocenters. The third-order valence-corrected chi connectivity index (χ3v) is 11.1. The molecular formula is C32H38O2S4. The van der Waals surface area contributed by atoms with Crippen molar-refractivity contribution in [3.8, 4) is 10.4 Å². The molecule has 0 N–H and O–H groups in total. The van der Waals surface area contributed by atoms with Gasteiger partial charge in [0.25, 0.3) is 0 Å². The van der Waals surface area contributed by atoms with Crippen molar-refractivity contribution in [1.29, 1.82) is 0 Å². The molecule has 0 saturated carbocycles. The molecule has 2 aromatic carbocycles. The van der Waals surface area contributed by atoms with E-state index in [0.717, 1.165) is 58.5 Å². The fourth-order valence-corrected chi connectivity index (χ4v) is 9.10. The third-order valence-electron chi connectivity index (χ3n) is 6.84. The molecule has 0 saturated heterocycles. The van der Waals surface area contributed by atoms with Gasteiger partial charge in [-0.05, 0) is 117 Å². The summed E-state index contributed by atoms with van der Waals surface area (Å²) >= 11 is 7.72. The van der Waals surface area contributed by atoms with Gasteiger partial charge in [0.2, 0.25) is 0 Å². The fourth-order valence-electron chi connectivity index (χ4n) is 4.89. The van der Waals surface area contributed by atoms with E-state index in [1.165, 1.54) is 68.2 Å². The maximum absolute atomic E-state index is 5.64. The highest BCUT2D eigenvalue weighted by atomic mass is 32.2. The number of rotatable bonds is 15. The Labute approximate surface area is 243 Å². The highest BCUT2D eigenvalue weighted by molar-refractivity contribution is 7.98. The lowest BCUT2D eigenvalue weighted by Crippen LogP contribution is -1.95. The van der Waals surface area contributed by atoms with Crippen molar-refractivity contribution in [2.45, 2.75) is 63.7 Å². The van der Waals surface area contributed by atoms with Gasteiger partial charge in [0.15, 0.2) is 0 Å². The summed E-state index contributed by atoms with van der Waals surface area (Å²) in [5, 5.41) is 4.13. The maximum Gasteiger partial charge on any atom is 0.0466 e. The second kappa shape index (κ2) is 13.8. The number of fused-ring (bicyclic) bond motifs is 3. The molecule has 0 aliphatic heterocycles. The molecule has 0 aliphatic rings. The van der Waals surface area contributed by atoms with Crippen LogP contribution in [0.4, 0.5) is 0 Å². The fraction of sp³-hybridized carbons (Fsp3) is 0.438. The monoisotopic (exact) mass is 582 g/mol. The lowest BCUT2D eigenvalue weighted by Gasteiger charge is -2.05. The van der Waals surface area contributed by atoms with Gasteiger partial charge in [0.05, 0.1) is 0 Å². The van der Waals surface area contributed by atoms with Crippen molar-refractivity contribution in [2.75, 3.05) is 32.7 Å². The van der Waals surface area contributed by atoms with E-state index in [1.807, 2.05) is 45.8 Å². The van der Waals surface area contributed by atoms with Gasteiger partial charge in [0, 0.05) is 65.6 Å². The van der Waals surface area contributed by atoms with Crippen molar-refractivity contribution in [1.82, 2.24) is 0 Å². The Morgan fingerprint density at radius 2 is 1.26 bits per heavy atom. The number of benzene rings is 2. The number of hydrogen-bond acceptors (Lipinski definition) is 6. The quantitative estimate of drug-likeness (QED) is 0.0903. The number of ether oxygens (including phenoxy) is 2. The molecule has 202 valence electrons. The lowest BCUT2D eigenvalue weighted by molar-refractivity contribution is 0.131. The maximum atomic E-state index is 5.64. The van der Waals surface area contributed by atoms with Crippen LogP contribution in [0.1, 0.15) is 55.7 Å². The molecule has 5 rings (SSSR count). The van der Waals surface area contributed by atoms with Gasteiger partial charge >= 0.3 is 0 Å². The van der Waals surface area contributed by atoms with Crippen LogP contribution in [-0.2, 0) is 22.3 Å². The van der Waals surface area contributed by atoms with E-state index >= 15 is 0 Å². The minimum atomic E-state index is 0.815. The molecule has 6 heteroatoms. The third kappa shape index (κ3) is 6.83. The van der Waals surface area contributed by atoms with E-state index in [0.29, 0.717) is 0 Å². The van der Waals surface area contributed by atoms with Crippen molar-refractivity contribution in [3.05, 3.63) is 52.2 Å². The smallest absolute Gasteiger partial charge is 0.0466 e. The van der Waals surface area contributed by atoms with Gasteiger partial charge in [-0.2, -0.15) is 0 Å². The first-order valence-corrected chi connectivity index (χ1v) is 17.6. The molecule has 0 spiro atoms. The zero-order valence-corrected chi connectivity index (χ0v) is 26.0. The number of thioether (sulfide) groups is 1. The zero-order chi connectivity index (χ0) is 26.3. The van der Waals surface area contributed by atoms with Crippen molar-refractivity contribution in [3.63, 3.8) is 0 Å². The van der Waals surface area contributed by atoms with E-state index < -0.39 is 0 Å². The summed E-state index contributed by atoms with van der Waals surface area (Å²) in [7, 11) is 0. The first kappa shape index (κ1) is 28.1. The molecule has 0 amide bonds. The highest BCUT2D eigenvalue weighted by Crippen LogP contribution is 2.43. The molecular weight excluding hydrogens is 545 g/mol. The zero-order valence-electron chi connectivity index (χ0n) is 22.8. The van der Waals surface area contributed by atoms with Crippen LogP contribution < -0.4 is 0 Å². The average molecular weight is 583 g/mol. The first-order chi connectivity index (χ1) is 18.7. The standard InChI is InChI=1S/C32H38O2S4/c1-4-12-34-14-9-7-11-25-16-22-15-23-19-32(38-30(23)20-28(22)36-25)27-18-24-17-26(10-6-8-13-33-5-2)37-29(24)21-31(27)35-3/h15-21H,4-14H2,1-3H3. The van der Waals surface area contributed by atoms with E-state index in [4.69, 9.17) is 9.47 Å². The number of hydrogen-bond donors (Lipinski definition) is 0. The van der Waals surface area contributed by atoms with E-state index in [2.05, 4.69) is 62.6 Å².